The van der Waals surface area contributed by atoms with Crippen LogP contribution in [-0.4, -0.2) is 37.1 Å². The first-order valence-electron chi connectivity index (χ1n) is 6.76. The second kappa shape index (κ2) is 5.50. The minimum absolute atomic E-state index is 0.339. The number of likely N-dealkylation sites (N-methyl/N-ethyl adjacent to an activating group) is 1. The Morgan fingerprint density at radius 3 is 2.12 bits per heavy atom. The summed E-state index contributed by atoms with van der Waals surface area (Å²) >= 11 is 0. The van der Waals surface area contributed by atoms with Gasteiger partial charge >= 0.3 is 0 Å². The van der Waals surface area contributed by atoms with Crippen molar-refractivity contribution in [1.29, 1.82) is 0 Å². The van der Waals surface area contributed by atoms with Crippen molar-refractivity contribution in [2.24, 2.45) is 11.3 Å². The van der Waals surface area contributed by atoms with E-state index in [1.807, 2.05) is 0 Å². The maximum absolute atomic E-state index is 3.48. The minimum Gasteiger partial charge on any atom is -0.315 e. The lowest BCUT2D eigenvalue weighted by molar-refractivity contribution is 0.146. The average Bonchev–Trinajstić information content (AvgIpc) is 2.92. The fraction of sp³-hybridized carbons (Fsp3) is 1.00. The average molecular weight is 226 g/mol. The van der Waals surface area contributed by atoms with Crippen molar-refractivity contribution >= 4 is 0 Å². The molecule has 0 aromatic heterocycles. The first-order valence-corrected chi connectivity index (χ1v) is 6.76. The van der Waals surface area contributed by atoms with E-state index >= 15 is 0 Å². The SMILES string of the molecule is CNC(CN(CC1CC1)C(C)C)C(C)(C)C. The Bertz CT molecular complexity index is 201. The molecular formula is C14H30N2. The van der Waals surface area contributed by atoms with E-state index in [9.17, 15) is 0 Å². The van der Waals surface area contributed by atoms with E-state index in [1.54, 1.807) is 0 Å². The van der Waals surface area contributed by atoms with Gasteiger partial charge in [0.2, 0.25) is 0 Å². The van der Waals surface area contributed by atoms with Crippen LogP contribution in [0.1, 0.15) is 47.5 Å². The molecule has 1 aliphatic rings. The lowest BCUT2D eigenvalue weighted by atomic mass is 9.86. The molecule has 1 saturated carbocycles. The normalized spacial score (nSPS) is 19.5. The molecule has 0 aromatic rings. The first kappa shape index (κ1) is 14.0. The molecular weight excluding hydrogens is 196 g/mol. The Morgan fingerprint density at radius 2 is 1.81 bits per heavy atom. The first-order chi connectivity index (χ1) is 7.34. The van der Waals surface area contributed by atoms with E-state index in [2.05, 4.69) is 51.9 Å². The van der Waals surface area contributed by atoms with Crippen molar-refractivity contribution in [1.82, 2.24) is 10.2 Å². The molecule has 2 nitrogen and oxygen atoms in total. The molecule has 0 spiro atoms. The predicted molar refractivity (Wildman–Crippen MR) is 71.7 cm³/mol. The summed E-state index contributed by atoms with van der Waals surface area (Å²) in [6, 6.07) is 1.24. The lowest BCUT2D eigenvalue weighted by Crippen LogP contribution is -2.49. The molecule has 1 aliphatic carbocycles. The summed E-state index contributed by atoms with van der Waals surface area (Å²) in [7, 11) is 2.09. The standard InChI is InChI=1S/C14H30N2/c1-11(2)16(9-12-7-8-12)10-13(15-6)14(3,4)5/h11-13,15H,7-10H2,1-6H3. The molecule has 0 heterocycles. The number of hydrogen-bond acceptors (Lipinski definition) is 2. The minimum atomic E-state index is 0.339. The Morgan fingerprint density at radius 1 is 1.25 bits per heavy atom. The second-order valence-electron chi connectivity index (χ2n) is 6.70. The number of rotatable bonds is 6. The van der Waals surface area contributed by atoms with Gasteiger partial charge in [-0.25, -0.2) is 0 Å². The molecule has 0 bridgehead atoms. The summed E-state index contributed by atoms with van der Waals surface area (Å²) in [6.07, 6.45) is 2.89. The fourth-order valence-corrected chi connectivity index (χ4v) is 2.16. The third kappa shape index (κ3) is 4.42. The van der Waals surface area contributed by atoms with Crippen molar-refractivity contribution in [2.75, 3.05) is 20.1 Å². The van der Waals surface area contributed by atoms with Crippen LogP contribution in [0.2, 0.25) is 0 Å². The largest absolute Gasteiger partial charge is 0.315 e. The lowest BCUT2D eigenvalue weighted by Gasteiger charge is -2.37. The molecule has 16 heavy (non-hydrogen) atoms. The van der Waals surface area contributed by atoms with Crippen molar-refractivity contribution in [3.8, 4) is 0 Å². The zero-order valence-corrected chi connectivity index (χ0v) is 12.0. The molecule has 96 valence electrons. The van der Waals surface area contributed by atoms with Gasteiger partial charge in [-0.1, -0.05) is 20.8 Å². The Labute approximate surface area is 102 Å². The van der Waals surface area contributed by atoms with Crippen LogP contribution < -0.4 is 5.32 Å². The summed E-state index contributed by atoms with van der Waals surface area (Å²) in [5.41, 5.74) is 0.339. The van der Waals surface area contributed by atoms with Crippen LogP contribution in [-0.2, 0) is 0 Å². The van der Waals surface area contributed by atoms with Gasteiger partial charge in [-0.3, -0.25) is 4.90 Å². The Hall–Kier alpha value is -0.0800. The van der Waals surface area contributed by atoms with Gasteiger partial charge in [0.25, 0.3) is 0 Å². The zero-order chi connectivity index (χ0) is 12.3. The quantitative estimate of drug-likeness (QED) is 0.749. The number of nitrogens with zero attached hydrogens (tertiary/aromatic N) is 1. The molecule has 0 aliphatic heterocycles. The highest BCUT2D eigenvalue weighted by molar-refractivity contribution is 4.86. The van der Waals surface area contributed by atoms with E-state index < -0.39 is 0 Å². The van der Waals surface area contributed by atoms with Crippen molar-refractivity contribution in [3.63, 3.8) is 0 Å². The van der Waals surface area contributed by atoms with E-state index in [-0.39, 0.29) is 0 Å². The number of nitrogens with one attached hydrogen (secondary N) is 1. The third-order valence-corrected chi connectivity index (χ3v) is 3.73. The van der Waals surface area contributed by atoms with Crippen molar-refractivity contribution in [3.05, 3.63) is 0 Å². The summed E-state index contributed by atoms with van der Waals surface area (Å²) in [5, 5.41) is 3.48. The molecule has 1 unspecified atom stereocenters. The van der Waals surface area contributed by atoms with Gasteiger partial charge in [0, 0.05) is 25.2 Å². The van der Waals surface area contributed by atoms with Crippen molar-refractivity contribution in [2.45, 2.75) is 59.5 Å². The molecule has 0 saturated heterocycles. The molecule has 0 amide bonds. The van der Waals surface area contributed by atoms with Crippen LogP contribution in [0.4, 0.5) is 0 Å². The van der Waals surface area contributed by atoms with E-state index in [0.29, 0.717) is 17.5 Å². The maximum Gasteiger partial charge on any atom is 0.0240 e. The predicted octanol–water partition coefficient (Wildman–Crippen LogP) is 2.74. The zero-order valence-electron chi connectivity index (χ0n) is 12.0. The van der Waals surface area contributed by atoms with Crippen LogP contribution in [0.25, 0.3) is 0 Å². The van der Waals surface area contributed by atoms with Crippen molar-refractivity contribution < 1.29 is 0 Å². The Balaban J connectivity index is 2.50. The molecule has 0 aromatic carbocycles. The maximum atomic E-state index is 3.48. The molecule has 1 N–H and O–H groups in total. The molecule has 0 radical (unpaired) electrons. The topological polar surface area (TPSA) is 15.3 Å². The highest BCUT2D eigenvalue weighted by Gasteiger charge is 2.30. The van der Waals surface area contributed by atoms with Crippen LogP contribution in [0.5, 0.6) is 0 Å². The van der Waals surface area contributed by atoms with Crippen LogP contribution >= 0.6 is 0 Å². The van der Waals surface area contributed by atoms with Gasteiger partial charge in [0.05, 0.1) is 0 Å². The van der Waals surface area contributed by atoms with Crippen LogP contribution in [0.15, 0.2) is 0 Å². The highest BCUT2D eigenvalue weighted by Crippen LogP contribution is 2.31. The third-order valence-electron chi connectivity index (χ3n) is 3.73. The summed E-state index contributed by atoms with van der Waals surface area (Å²) in [5.74, 6) is 0.986. The van der Waals surface area contributed by atoms with Gasteiger partial charge in [0.1, 0.15) is 0 Å². The monoisotopic (exact) mass is 226 g/mol. The van der Waals surface area contributed by atoms with Gasteiger partial charge < -0.3 is 5.32 Å². The summed E-state index contributed by atoms with van der Waals surface area (Å²) in [4.78, 5) is 2.64. The van der Waals surface area contributed by atoms with Gasteiger partial charge in [0.15, 0.2) is 0 Å². The smallest absolute Gasteiger partial charge is 0.0240 e. The highest BCUT2D eigenvalue weighted by atomic mass is 15.2. The van der Waals surface area contributed by atoms with E-state index in [0.717, 1.165) is 5.92 Å². The Kier molecular flexibility index (Phi) is 4.81. The fourth-order valence-electron chi connectivity index (χ4n) is 2.16. The number of hydrogen-bond donors (Lipinski definition) is 1. The summed E-state index contributed by atoms with van der Waals surface area (Å²) < 4.78 is 0. The van der Waals surface area contributed by atoms with Gasteiger partial charge in [-0.2, -0.15) is 0 Å². The molecule has 1 fully saturated rings. The van der Waals surface area contributed by atoms with Gasteiger partial charge in [-0.15, -0.1) is 0 Å². The van der Waals surface area contributed by atoms with Gasteiger partial charge in [-0.05, 0) is 45.1 Å². The van der Waals surface area contributed by atoms with E-state index in [4.69, 9.17) is 0 Å². The van der Waals surface area contributed by atoms with E-state index in [1.165, 1.54) is 25.9 Å². The van der Waals surface area contributed by atoms with Crippen LogP contribution in [0, 0.1) is 11.3 Å². The summed E-state index contributed by atoms with van der Waals surface area (Å²) in [6.45, 7) is 14.1. The second-order valence-corrected chi connectivity index (χ2v) is 6.70. The molecule has 1 rings (SSSR count). The molecule has 2 heteroatoms. The van der Waals surface area contributed by atoms with Crippen LogP contribution in [0.3, 0.4) is 0 Å². The molecule has 1 atom stereocenters.